The van der Waals surface area contributed by atoms with Gasteiger partial charge in [0.2, 0.25) is 0 Å². The summed E-state index contributed by atoms with van der Waals surface area (Å²) in [4.78, 5) is 11.5. The SMILES string of the molecule is CCCC(CC)(Nc1cccc(OC)c1)C(=O)O. The molecule has 0 aliphatic heterocycles. The maximum Gasteiger partial charge on any atom is 0.329 e. The van der Waals surface area contributed by atoms with Gasteiger partial charge in [0.05, 0.1) is 7.11 Å². The third-order valence-corrected chi connectivity index (χ3v) is 3.14. The molecule has 0 radical (unpaired) electrons. The molecule has 1 rings (SSSR count). The van der Waals surface area contributed by atoms with E-state index in [0.29, 0.717) is 18.6 Å². The van der Waals surface area contributed by atoms with Crippen molar-refractivity contribution in [2.24, 2.45) is 0 Å². The van der Waals surface area contributed by atoms with E-state index in [1.807, 2.05) is 38.1 Å². The van der Waals surface area contributed by atoms with Crippen LogP contribution in [0.2, 0.25) is 0 Å². The second kappa shape index (κ2) is 6.28. The molecule has 0 aliphatic carbocycles. The molecule has 0 heterocycles. The number of ether oxygens (including phenoxy) is 1. The molecule has 18 heavy (non-hydrogen) atoms. The highest BCUT2D eigenvalue weighted by Gasteiger charge is 2.35. The molecular weight excluding hydrogens is 230 g/mol. The van der Waals surface area contributed by atoms with Crippen LogP contribution in [0.25, 0.3) is 0 Å². The molecule has 0 aromatic heterocycles. The topological polar surface area (TPSA) is 58.6 Å². The summed E-state index contributed by atoms with van der Waals surface area (Å²) in [7, 11) is 1.59. The minimum atomic E-state index is -0.902. The minimum Gasteiger partial charge on any atom is -0.497 e. The first-order valence-electron chi connectivity index (χ1n) is 6.23. The number of nitrogens with one attached hydrogen (secondary N) is 1. The summed E-state index contributed by atoms with van der Waals surface area (Å²) < 4.78 is 5.14. The zero-order chi connectivity index (χ0) is 13.6. The zero-order valence-corrected chi connectivity index (χ0v) is 11.2. The summed E-state index contributed by atoms with van der Waals surface area (Å²) in [6.07, 6.45) is 1.94. The van der Waals surface area contributed by atoms with Crippen molar-refractivity contribution in [3.05, 3.63) is 24.3 Å². The van der Waals surface area contributed by atoms with Crippen LogP contribution in [0.1, 0.15) is 33.1 Å². The Balaban J connectivity index is 2.98. The quantitative estimate of drug-likeness (QED) is 0.781. The van der Waals surface area contributed by atoms with Gasteiger partial charge in [-0.2, -0.15) is 0 Å². The van der Waals surface area contributed by atoms with E-state index >= 15 is 0 Å². The lowest BCUT2D eigenvalue weighted by molar-refractivity contribution is -0.142. The van der Waals surface area contributed by atoms with Gasteiger partial charge in [-0.05, 0) is 25.0 Å². The number of rotatable bonds is 7. The molecule has 1 unspecified atom stereocenters. The number of carbonyl (C=O) groups is 1. The number of benzene rings is 1. The molecule has 2 N–H and O–H groups in total. The maximum absolute atomic E-state index is 11.5. The first-order valence-corrected chi connectivity index (χ1v) is 6.23. The predicted octanol–water partition coefficient (Wildman–Crippen LogP) is 3.14. The molecule has 100 valence electrons. The first-order chi connectivity index (χ1) is 8.57. The fourth-order valence-electron chi connectivity index (χ4n) is 2.04. The summed E-state index contributed by atoms with van der Waals surface area (Å²) in [6, 6.07) is 7.34. The van der Waals surface area contributed by atoms with Gasteiger partial charge < -0.3 is 15.2 Å². The largest absolute Gasteiger partial charge is 0.497 e. The van der Waals surface area contributed by atoms with Crippen LogP contribution in [0.5, 0.6) is 5.75 Å². The molecule has 0 saturated carbocycles. The van der Waals surface area contributed by atoms with Crippen LogP contribution in [0, 0.1) is 0 Å². The summed E-state index contributed by atoms with van der Waals surface area (Å²) in [5, 5.41) is 12.6. The minimum absolute atomic E-state index is 0.535. The van der Waals surface area contributed by atoms with Crippen LogP contribution in [0.4, 0.5) is 5.69 Å². The van der Waals surface area contributed by atoms with Crippen LogP contribution >= 0.6 is 0 Å². The van der Waals surface area contributed by atoms with Crippen LogP contribution in [0.3, 0.4) is 0 Å². The number of anilines is 1. The average molecular weight is 251 g/mol. The van der Waals surface area contributed by atoms with Crippen molar-refractivity contribution < 1.29 is 14.6 Å². The molecule has 1 atom stereocenters. The molecule has 0 fully saturated rings. The second-order valence-corrected chi connectivity index (χ2v) is 4.35. The number of carboxylic acids is 1. The van der Waals surface area contributed by atoms with Gasteiger partial charge in [0.25, 0.3) is 0 Å². The molecule has 1 aromatic carbocycles. The summed E-state index contributed by atoms with van der Waals surface area (Å²) in [6.45, 7) is 3.87. The number of carboxylic acid groups (broad SMARTS) is 1. The van der Waals surface area contributed by atoms with Gasteiger partial charge in [0.15, 0.2) is 0 Å². The molecule has 0 spiro atoms. The fourth-order valence-corrected chi connectivity index (χ4v) is 2.04. The molecule has 0 bridgehead atoms. The molecule has 0 amide bonds. The van der Waals surface area contributed by atoms with Crippen molar-refractivity contribution in [3.8, 4) is 5.75 Å². The predicted molar refractivity (Wildman–Crippen MR) is 72.2 cm³/mol. The number of methoxy groups -OCH3 is 1. The van der Waals surface area contributed by atoms with Gasteiger partial charge in [-0.15, -0.1) is 0 Å². The van der Waals surface area contributed by atoms with E-state index in [4.69, 9.17) is 4.74 Å². The van der Waals surface area contributed by atoms with Crippen LogP contribution in [-0.2, 0) is 4.79 Å². The summed E-state index contributed by atoms with van der Waals surface area (Å²) in [5.41, 5.74) is -0.131. The van der Waals surface area contributed by atoms with E-state index in [9.17, 15) is 9.90 Å². The van der Waals surface area contributed by atoms with E-state index in [-0.39, 0.29) is 0 Å². The highest BCUT2D eigenvalue weighted by molar-refractivity contribution is 5.82. The van der Waals surface area contributed by atoms with E-state index in [2.05, 4.69) is 5.32 Å². The van der Waals surface area contributed by atoms with Gasteiger partial charge in [-0.3, -0.25) is 0 Å². The second-order valence-electron chi connectivity index (χ2n) is 4.35. The van der Waals surface area contributed by atoms with Gasteiger partial charge in [0.1, 0.15) is 11.3 Å². The van der Waals surface area contributed by atoms with Crippen molar-refractivity contribution in [2.75, 3.05) is 12.4 Å². The Morgan fingerprint density at radius 3 is 2.67 bits per heavy atom. The van der Waals surface area contributed by atoms with Crippen molar-refractivity contribution in [2.45, 2.75) is 38.6 Å². The maximum atomic E-state index is 11.5. The third kappa shape index (κ3) is 3.15. The van der Waals surface area contributed by atoms with E-state index in [1.165, 1.54) is 0 Å². The van der Waals surface area contributed by atoms with Gasteiger partial charge >= 0.3 is 5.97 Å². The van der Waals surface area contributed by atoms with E-state index in [0.717, 1.165) is 12.1 Å². The normalized spacial score (nSPS) is 13.7. The van der Waals surface area contributed by atoms with Crippen LogP contribution in [0.15, 0.2) is 24.3 Å². The highest BCUT2D eigenvalue weighted by atomic mass is 16.5. The van der Waals surface area contributed by atoms with Crippen LogP contribution < -0.4 is 10.1 Å². The Bertz CT molecular complexity index is 406. The third-order valence-electron chi connectivity index (χ3n) is 3.14. The van der Waals surface area contributed by atoms with E-state index in [1.54, 1.807) is 7.11 Å². The molecule has 0 aliphatic rings. The molecule has 1 aromatic rings. The van der Waals surface area contributed by atoms with Crippen molar-refractivity contribution in [1.82, 2.24) is 0 Å². The lowest BCUT2D eigenvalue weighted by Crippen LogP contribution is -2.45. The Morgan fingerprint density at radius 1 is 1.44 bits per heavy atom. The number of aliphatic carboxylic acids is 1. The number of hydrogen-bond donors (Lipinski definition) is 2. The summed E-state index contributed by atoms with van der Waals surface area (Å²) in [5.74, 6) is -0.0958. The average Bonchev–Trinajstić information content (AvgIpc) is 2.38. The van der Waals surface area contributed by atoms with Gasteiger partial charge in [-0.1, -0.05) is 26.3 Å². The van der Waals surface area contributed by atoms with Crippen molar-refractivity contribution >= 4 is 11.7 Å². The van der Waals surface area contributed by atoms with Crippen LogP contribution in [-0.4, -0.2) is 23.7 Å². The van der Waals surface area contributed by atoms with Gasteiger partial charge in [0, 0.05) is 11.8 Å². The fraction of sp³-hybridized carbons (Fsp3) is 0.500. The summed E-state index contributed by atoms with van der Waals surface area (Å²) >= 11 is 0. The molecular formula is C14H21NO3. The molecule has 0 saturated heterocycles. The lowest BCUT2D eigenvalue weighted by atomic mass is 9.90. The Labute approximate surface area is 108 Å². The molecule has 4 nitrogen and oxygen atoms in total. The van der Waals surface area contributed by atoms with E-state index < -0.39 is 11.5 Å². The zero-order valence-electron chi connectivity index (χ0n) is 11.2. The Kier molecular flexibility index (Phi) is 5.01. The highest BCUT2D eigenvalue weighted by Crippen LogP contribution is 2.26. The molecule has 4 heteroatoms. The first kappa shape index (κ1) is 14.4. The standard InChI is InChI=1S/C14H21NO3/c1-4-9-14(5-2,13(16)17)15-11-7-6-8-12(10-11)18-3/h6-8,10,15H,4-5,9H2,1-3H3,(H,16,17). The van der Waals surface area contributed by atoms with Crippen molar-refractivity contribution in [3.63, 3.8) is 0 Å². The Morgan fingerprint density at radius 2 is 2.17 bits per heavy atom. The van der Waals surface area contributed by atoms with Gasteiger partial charge in [-0.25, -0.2) is 4.79 Å². The lowest BCUT2D eigenvalue weighted by Gasteiger charge is -2.30. The van der Waals surface area contributed by atoms with Crippen molar-refractivity contribution in [1.29, 1.82) is 0 Å². The monoisotopic (exact) mass is 251 g/mol. The smallest absolute Gasteiger partial charge is 0.329 e. The number of hydrogen-bond acceptors (Lipinski definition) is 3. The Hall–Kier alpha value is -1.71.